The van der Waals surface area contributed by atoms with Crippen LogP contribution in [0.4, 0.5) is 13.2 Å². The monoisotopic (exact) mass is 480 g/mol. The van der Waals surface area contributed by atoms with Crippen molar-refractivity contribution in [1.29, 1.82) is 0 Å². The Balaban J connectivity index is 1.43. The van der Waals surface area contributed by atoms with Gasteiger partial charge in [0.25, 0.3) is 0 Å². The van der Waals surface area contributed by atoms with E-state index in [-0.39, 0.29) is 5.56 Å². The Bertz CT molecular complexity index is 1390. The molecule has 3 aromatic heterocycles. The molecule has 1 aliphatic heterocycles. The van der Waals surface area contributed by atoms with Gasteiger partial charge in [-0.2, -0.15) is 18.3 Å². The number of ether oxygens (including phenoxy) is 1. The number of hydrogen-bond acceptors (Lipinski definition) is 5. The molecule has 0 saturated carbocycles. The number of imidazole rings is 1. The fraction of sp³-hybridized carbons (Fsp3) is 0.280. The standard InChI is InChI=1S/C25H23F3N6O/c1-16-14-33(15-30-16)24-21(35-2)12-17(13-29-24)9-10-22-31-23-19(7-5-11-34(23)32-22)18-6-3-4-8-20(18)25(26,27)28/h3-4,6,8-10,12-15,19H,5,7,11H2,1-2H3/b10-9+/t19-/m1/s1. The SMILES string of the molecule is COc1cc(/C=C/c2nc3n(n2)CCC[C@@H]3c2ccccc2C(F)(F)F)cnc1-n1cnc(C)c1. The third-order valence-corrected chi connectivity index (χ3v) is 5.99. The van der Waals surface area contributed by atoms with Crippen LogP contribution in [-0.4, -0.2) is 36.4 Å². The zero-order valence-corrected chi connectivity index (χ0v) is 19.2. The summed E-state index contributed by atoms with van der Waals surface area (Å²) < 4.78 is 49.8. The van der Waals surface area contributed by atoms with Crippen LogP contribution in [0.5, 0.6) is 5.75 Å². The molecule has 0 unspecified atom stereocenters. The lowest BCUT2D eigenvalue weighted by Crippen LogP contribution is -2.21. The van der Waals surface area contributed by atoms with Crippen LogP contribution < -0.4 is 4.74 Å². The number of methoxy groups -OCH3 is 1. The molecule has 7 nitrogen and oxygen atoms in total. The Morgan fingerprint density at radius 1 is 1.14 bits per heavy atom. The van der Waals surface area contributed by atoms with Crippen LogP contribution in [0.3, 0.4) is 0 Å². The van der Waals surface area contributed by atoms with Gasteiger partial charge >= 0.3 is 6.18 Å². The second-order valence-corrected chi connectivity index (χ2v) is 8.38. The highest BCUT2D eigenvalue weighted by Gasteiger charge is 2.37. The Morgan fingerprint density at radius 3 is 2.71 bits per heavy atom. The fourth-order valence-electron chi connectivity index (χ4n) is 4.39. The molecule has 4 heterocycles. The van der Waals surface area contributed by atoms with Gasteiger partial charge in [-0.3, -0.25) is 4.57 Å². The summed E-state index contributed by atoms with van der Waals surface area (Å²) >= 11 is 0. The highest BCUT2D eigenvalue weighted by atomic mass is 19.4. The lowest BCUT2D eigenvalue weighted by molar-refractivity contribution is -0.138. The molecule has 180 valence electrons. The van der Waals surface area contributed by atoms with E-state index in [1.54, 1.807) is 47.1 Å². The second kappa shape index (κ2) is 9.01. The number of aryl methyl sites for hydroxylation is 2. The highest BCUT2D eigenvalue weighted by Crippen LogP contribution is 2.40. The number of fused-ring (bicyclic) bond motifs is 1. The molecule has 0 amide bonds. The molecule has 0 aliphatic carbocycles. The van der Waals surface area contributed by atoms with Crippen molar-refractivity contribution in [3.63, 3.8) is 0 Å². The van der Waals surface area contributed by atoms with E-state index in [9.17, 15) is 13.2 Å². The summed E-state index contributed by atoms with van der Waals surface area (Å²) in [6.45, 7) is 2.51. The van der Waals surface area contributed by atoms with Gasteiger partial charge in [0, 0.05) is 24.9 Å². The lowest BCUT2D eigenvalue weighted by atomic mass is 9.88. The minimum atomic E-state index is -4.42. The van der Waals surface area contributed by atoms with E-state index in [4.69, 9.17) is 4.74 Å². The van der Waals surface area contributed by atoms with E-state index in [2.05, 4.69) is 20.1 Å². The maximum Gasteiger partial charge on any atom is 0.416 e. The van der Waals surface area contributed by atoms with Gasteiger partial charge in [-0.15, -0.1) is 0 Å². The molecular formula is C25H23F3N6O. The summed E-state index contributed by atoms with van der Waals surface area (Å²) in [7, 11) is 1.57. The van der Waals surface area contributed by atoms with Crippen molar-refractivity contribution in [2.75, 3.05) is 7.11 Å². The van der Waals surface area contributed by atoms with Gasteiger partial charge in [0.15, 0.2) is 17.4 Å². The van der Waals surface area contributed by atoms with Crippen LogP contribution in [0.25, 0.3) is 18.0 Å². The summed E-state index contributed by atoms with van der Waals surface area (Å²) in [5, 5.41) is 4.52. The summed E-state index contributed by atoms with van der Waals surface area (Å²) in [6, 6.07) is 7.55. The van der Waals surface area contributed by atoms with E-state index in [0.29, 0.717) is 36.2 Å². The minimum Gasteiger partial charge on any atom is -0.493 e. The number of halogens is 3. The maximum absolute atomic E-state index is 13.6. The average molecular weight is 480 g/mol. The predicted octanol–water partition coefficient (Wildman–Crippen LogP) is 5.29. The molecule has 35 heavy (non-hydrogen) atoms. The van der Waals surface area contributed by atoms with Crippen molar-refractivity contribution in [1.82, 2.24) is 29.3 Å². The highest BCUT2D eigenvalue weighted by molar-refractivity contribution is 5.67. The van der Waals surface area contributed by atoms with Crippen molar-refractivity contribution in [3.05, 3.63) is 83.1 Å². The topological polar surface area (TPSA) is 70.7 Å². The van der Waals surface area contributed by atoms with Crippen molar-refractivity contribution in [3.8, 4) is 11.6 Å². The Kier molecular flexibility index (Phi) is 5.88. The van der Waals surface area contributed by atoms with Crippen LogP contribution in [0, 0.1) is 6.92 Å². The van der Waals surface area contributed by atoms with Crippen LogP contribution >= 0.6 is 0 Å². The van der Waals surface area contributed by atoms with Gasteiger partial charge in [-0.05, 0) is 55.2 Å². The molecule has 0 N–H and O–H groups in total. The van der Waals surface area contributed by atoms with Crippen LogP contribution in [-0.2, 0) is 12.7 Å². The smallest absolute Gasteiger partial charge is 0.416 e. The third kappa shape index (κ3) is 4.55. The summed E-state index contributed by atoms with van der Waals surface area (Å²) in [6.07, 6.45) is 5.65. The van der Waals surface area contributed by atoms with Gasteiger partial charge in [-0.25, -0.2) is 19.6 Å². The molecule has 5 rings (SSSR count). The van der Waals surface area contributed by atoms with Gasteiger partial charge in [0.2, 0.25) is 0 Å². The largest absolute Gasteiger partial charge is 0.493 e. The number of aromatic nitrogens is 6. The second-order valence-electron chi connectivity index (χ2n) is 8.38. The van der Waals surface area contributed by atoms with Gasteiger partial charge < -0.3 is 4.74 Å². The molecule has 4 aromatic rings. The number of alkyl halides is 3. The number of rotatable bonds is 5. The molecule has 0 bridgehead atoms. The Hall–Kier alpha value is -3.95. The molecule has 1 aliphatic rings. The number of benzene rings is 1. The first-order valence-corrected chi connectivity index (χ1v) is 11.2. The van der Waals surface area contributed by atoms with Crippen molar-refractivity contribution in [2.45, 2.75) is 38.4 Å². The molecule has 0 spiro atoms. The minimum absolute atomic E-state index is 0.239. The van der Waals surface area contributed by atoms with E-state index in [0.717, 1.165) is 23.7 Å². The first kappa shape index (κ1) is 22.8. The van der Waals surface area contributed by atoms with Crippen molar-refractivity contribution >= 4 is 12.2 Å². The molecule has 0 fully saturated rings. The van der Waals surface area contributed by atoms with Crippen LogP contribution in [0.15, 0.2) is 49.1 Å². The first-order valence-electron chi connectivity index (χ1n) is 11.2. The average Bonchev–Trinajstić information content (AvgIpc) is 3.47. The molecule has 10 heteroatoms. The predicted molar refractivity (Wildman–Crippen MR) is 124 cm³/mol. The lowest BCUT2D eigenvalue weighted by Gasteiger charge is -2.25. The van der Waals surface area contributed by atoms with Gasteiger partial charge in [-0.1, -0.05) is 18.2 Å². The van der Waals surface area contributed by atoms with Crippen LogP contribution in [0.2, 0.25) is 0 Å². The van der Waals surface area contributed by atoms with Crippen molar-refractivity contribution in [2.24, 2.45) is 0 Å². The molecule has 0 saturated heterocycles. The molecule has 1 aromatic carbocycles. The van der Waals surface area contributed by atoms with E-state index >= 15 is 0 Å². The summed E-state index contributed by atoms with van der Waals surface area (Å²) in [4.78, 5) is 13.3. The van der Waals surface area contributed by atoms with E-state index in [1.165, 1.54) is 12.1 Å². The number of nitrogens with zero attached hydrogens (tertiary/aromatic N) is 6. The molecular weight excluding hydrogens is 457 g/mol. The molecule has 0 radical (unpaired) electrons. The zero-order chi connectivity index (χ0) is 24.6. The Morgan fingerprint density at radius 2 is 1.97 bits per heavy atom. The Labute approximate surface area is 199 Å². The van der Waals surface area contributed by atoms with Crippen LogP contribution in [0.1, 0.15) is 52.8 Å². The number of pyridine rings is 1. The summed E-state index contributed by atoms with van der Waals surface area (Å²) in [5.74, 6) is 1.71. The van der Waals surface area contributed by atoms with Crippen molar-refractivity contribution < 1.29 is 17.9 Å². The van der Waals surface area contributed by atoms with Gasteiger partial charge in [0.1, 0.15) is 12.2 Å². The first-order chi connectivity index (χ1) is 16.8. The molecule has 1 atom stereocenters. The number of hydrogen-bond donors (Lipinski definition) is 0. The van der Waals surface area contributed by atoms with Gasteiger partial charge in [0.05, 0.1) is 18.4 Å². The van der Waals surface area contributed by atoms with E-state index < -0.39 is 17.7 Å². The third-order valence-electron chi connectivity index (χ3n) is 5.99. The quantitative estimate of drug-likeness (QED) is 0.388. The maximum atomic E-state index is 13.6. The summed E-state index contributed by atoms with van der Waals surface area (Å²) in [5.41, 5.74) is 1.26. The van der Waals surface area contributed by atoms with E-state index in [1.807, 2.05) is 19.2 Å². The fourth-order valence-corrected chi connectivity index (χ4v) is 4.39. The zero-order valence-electron chi connectivity index (χ0n) is 19.2. The normalized spacial score (nSPS) is 16.0.